The smallest absolute Gasteiger partial charge is 0.268 e. The van der Waals surface area contributed by atoms with E-state index in [0.717, 1.165) is 0 Å². The first-order chi connectivity index (χ1) is 12.7. The van der Waals surface area contributed by atoms with E-state index in [4.69, 9.17) is 15.0 Å². The van der Waals surface area contributed by atoms with E-state index in [1.165, 1.54) is 6.33 Å². The second-order valence-electron chi connectivity index (χ2n) is 7.29. The highest BCUT2D eigenvalue weighted by atomic mass is 31.2. The maximum absolute atomic E-state index is 12.5. The molecule has 1 aliphatic rings. The lowest BCUT2D eigenvalue weighted by Gasteiger charge is -2.40. The third-order valence-electron chi connectivity index (χ3n) is 4.83. The van der Waals surface area contributed by atoms with Crippen molar-refractivity contribution in [3.63, 3.8) is 0 Å². The van der Waals surface area contributed by atoms with Gasteiger partial charge in [0.15, 0.2) is 11.5 Å². The molecule has 1 saturated heterocycles. The largest absolute Gasteiger partial charge is 0.382 e. The molecule has 0 spiro atoms. The summed E-state index contributed by atoms with van der Waals surface area (Å²) < 4.78 is 27.9. The zero-order valence-corrected chi connectivity index (χ0v) is 17.3. The molecule has 27 heavy (non-hydrogen) atoms. The van der Waals surface area contributed by atoms with Crippen molar-refractivity contribution in [3.8, 4) is 0 Å². The topological polar surface area (TPSA) is 112 Å². The van der Waals surface area contributed by atoms with Crippen molar-refractivity contribution in [2.45, 2.75) is 32.2 Å². The fourth-order valence-corrected chi connectivity index (χ4v) is 3.60. The Morgan fingerprint density at radius 3 is 2.78 bits per heavy atom. The van der Waals surface area contributed by atoms with Crippen LogP contribution in [-0.2, 0) is 13.8 Å². The van der Waals surface area contributed by atoms with Gasteiger partial charge in [0.05, 0.1) is 19.0 Å². The molecule has 1 aliphatic heterocycles. The van der Waals surface area contributed by atoms with Crippen LogP contribution in [0.4, 0.5) is 5.82 Å². The first kappa shape index (κ1) is 20.2. The predicted molar refractivity (Wildman–Crippen MR) is 104 cm³/mol. The van der Waals surface area contributed by atoms with Gasteiger partial charge in [0.2, 0.25) is 0 Å². The van der Waals surface area contributed by atoms with Gasteiger partial charge in [-0.1, -0.05) is 0 Å². The van der Waals surface area contributed by atoms with E-state index in [1.807, 2.05) is 4.57 Å². The van der Waals surface area contributed by atoms with Crippen LogP contribution >= 0.6 is 7.52 Å². The molecule has 2 N–H and O–H groups in total. The second-order valence-corrected chi connectivity index (χ2v) is 9.95. The molecule has 2 aromatic heterocycles. The number of nitrogen functional groups attached to an aromatic ring is 1. The van der Waals surface area contributed by atoms with Gasteiger partial charge in [-0.05, 0) is 27.9 Å². The van der Waals surface area contributed by atoms with Crippen molar-refractivity contribution in [1.29, 1.82) is 0 Å². The summed E-state index contributed by atoms with van der Waals surface area (Å²) in [5.41, 5.74) is 7.08. The molecule has 1 fully saturated rings. The quantitative estimate of drug-likeness (QED) is 0.723. The molecule has 0 radical (unpaired) electrons. The zero-order chi connectivity index (χ0) is 19.8. The summed E-state index contributed by atoms with van der Waals surface area (Å²) >= 11 is 0. The van der Waals surface area contributed by atoms with E-state index in [0.29, 0.717) is 36.1 Å². The molecule has 2 aromatic rings. The molecule has 150 valence electrons. The Bertz CT molecular complexity index is 841. The number of anilines is 1. The van der Waals surface area contributed by atoms with Crippen LogP contribution < -0.4 is 5.73 Å². The van der Waals surface area contributed by atoms with E-state index in [2.05, 4.69) is 33.7 Å². The summed E-state index contributed by atoms with van der Waals surface area (Å²) in [5.74, 6) is 0.341. The van der Waals surface area contributed by atoms with Crippen LogP contribution in [0.25, 0.3) is 11.2 Å². The summed E-state index contributed by atoms with van der Waals surface area (Å²) in [7, 11) is 0.666. The van der Waals surface area contributed by atoms with Crippen LogP contribution in [0.5, 0.6) is 0 Å². The first-order valence-corrected chi connectivity index (χ1v) is 10.9. The van der Waals surface area contributed by atoms with Gasteiger partial charge in [-0.15, -0.1) is 0 Å². The molecule has 1 unspecified atom stereocenters. The average Bonchev–Trinajstić information content (AvgIpc) is 3.05. The lowest BCUT2D eigenvalue weighted by molar-refractivity contribution is -0.136. The van der Waals surface area contributed by atoms with Gasteiger partial charge in [-0.2, -0.15) is 0 Å². The molecular weight excluding hydrogens is 369 g/mol. The van der Waals surface area contributed by atoms with E-state index in [9.17, 15) is 4.57 Å². The monoisotopic (exact) mass is 397 g/mol. The summed E-state index contributed by atoms with van der Waals surface area (Å²) in [6.07, 6.45) is 2.57. The van der Waals surface area contributed by atoms with Crippen LogP contribution in [-0.4, -0.2) is 81.7 Å². The number of ether oxygens (including phenoxy) is 1. The molecule has 3 heterocycles. The van der Waals surface area contributed by atoms with Gasteiger partial charge >= 0.3 is 0 Å². The predicted octanol–water partition coefficient (Wildman–Crippen LogP) is 1.42. The molecule has 0 saturated carbocycles. The molecule has 0 bridgehead atoms. The Kier molecular flexibility index (Phi) is 5.83. The van der Waals surface area contributed by atoms with Gasteiger partial charge < -0.3 is 15.0 Å². The number of rotatable bonds is 6. The molecule has 0 amide bonds. The van der Waals surface area contributed by atoms with Gasteiger partial charge in [-0.3, -0.25) is 14.0 Å². The summed E-state index contributed by atoms with van der Waals surface area (Å²) in [4.78, 5) is 14.9. The lowest BCUT2D eigenvalue weighted by atomic mass is 10.2. The highest BCUT2D eigenvalue weighted by molar-refractivity contribution is 7.55. The Morgan fingerprint density at radius 1 is 1.37 bits per heavy atom. The number of aromatic nitrogens is 4. The fourth-order valence-electron chi connectivity index (χ4n) is 2.93. The Balaban J connectivity index is 1.82. The highest BCUT2D eigenvalue weighted by Crippen LogP contribution is 2.44. The first-order valence-electron chi connectivity index (χ1n) is 8.91. The molecule has 3 rings (SSSR count). The van der Waals surface area contributed by atoms with Gasteiger partial charge in [0.25, 0.3) is 7.52 Å². The van der Waals surface area contributed by atoms with E-state index in [-0.39, 0.29) is 18.9 Å². The van der Waals surface area contributed by atoms with Crippen molar-refractivity contribution in [2.75, 3.05) is 46.2 Å². The Morgan fingerprint density at radius 2 is 2.11 bits per heavy atom. The lowest BCUT2D eigenvalue weighted by Crippen LogP contribution is -2.49. The van der Waals surface area contributed by atoms with Gasteiger partial charge in [-0.25, -0.2) is 19.6 Å². The van der Waals surface area contributed by atoms with Crippen LogP contribution in [0.15, 0.2) is 12.7 Å². The molecule has 3 atom stereocenters. The van der Waals surface area contributed by atoms with Crippen molar-refractivity contribution in [1.82, 2.24) is 29.1 Å². The van der Waals surface area contributed by atoms with E-state index < -0.39 is 7.52 Å². The van der Waals surface area contributed by atoms with Crippen molar-refractivity contribution < 1.29 is 13.8 Å². The standard InChI is InChI=1S/C16H28N7O3P/c1-11(2)22-6-12(8-25-27(5,24)21(3)4)26-13(7-22)23-10-20-14-15(17)18-9-19-16(14)23/h9-13H,6-8H2,1-5H3,(H2,17,18,19)/t12-,13+,27?/m0/s1. The minimum absolute atomic E-state index is 0.226. The van der Waals surface area contributed by atoms with Crippen LogP contribution in [0.1, 0.15) is 20.1 Å². The normalized spacial score (nSPS) is 24.0. The zero-order valence-electron chi connectivity index (χ0n) is 16.4. The Hall–Kier alpha value is -1.58. The number of nitrogens with zero attached hydrogens (tertiary/aromatic N) is 6. The Labute approximate surface area is 159 Å². The third kappa shape index (κ3) is 4.30. The van der Waals surface area contributed by atoms with Gasteiger partial charge in [0.1, 0.15) is 18.1 Å². The molecule has 0 aliphatic carbocycles. The van der Waals surface area contributed by atoms with Gasteiger partial charge in [0, 0.05) is 25.8 Å². The summed E-state index contributed by atoms with van der Waals surface area (Å²) in [6.45, 7) is 7.51. The highest BCUT2D eigenvalue weighted by Gasteiger charge is 2.33. The number of morpholine rings is 1. The van der Waals surface area contributed by atoms with Crippen molar-refractivity contribution >= 4 is 24.5 Å². The van der Waals surface area contributed by atoms with Crippen LogP contribution in [0.3, 0.4) is 0 Å². The van der Waals surface area contributed by atoms with E-state index in [1.54, 1.807) is 31.8 Å². The summed E-state index contributed by atoms with van der Waals surface area (Å²) in [5, 5.41) is 0. The SMILES string of the molecule is CC(C)N1C[C@@H](COP(C)(=O)N(C)C)O[C@@H](n2cnc3c(N)ncnc32)C1. The van der Waals surface area contributed by atoms with Crippen LogP contribution in [0, 0.1) is 0 Å². The van der Waals surface area contributed by atoms with Crippen molar-refractivity contribution in [3.05, 3.63) is 12.7 Å². The van der Waals surface area contributed by atoms with E-state index >= 15 is 0 Å². The second kappa shape index (κ2) is 7.81. The maximum Gasteiger partial charge on any atom is 0.268 e. The average molecular weight is 397 g/mol. The number of fused-ring (bicyclic) bond motifs is 1. The number of hydrogen-bond donors (Lipinski definition) is 1. The van der Waals surface area contributed by atoms with Crippen LogP contribution in [0.2, 0.25) is 0 Å². The minimum Gasteiger partial charge on any atom is -0.382 e. The molecule has 10 nitrogen and oxygen atoms in total. The number of hydrogen-bond acceptors (Lipinski definition) is 8. The maximum atomic E-state index is 12.5. The molecular formula is C16H28N7O3P. The summed E-state index contributed by atoms with van der Waals surface area (Å²) in [6, 6.07) is 0.329. The molecule has 11 heteroatoms. The number of imidazole rings is 1. The van der Waals surface area contributed by atoms with Crippen molar-refractivity contribution in [2.24, 2.45) is 0 Å². The number of nitrogens with two attached hydrogens (primary N) is 1. The third-order valence-corrected chi connectivity index (χ3v) is 6.91. The molecule has 0 aromatic carbocycles. The minimum atomic E-state index is -2.82. The fraction of sp³-hybridized carbons (Fsp3) is 0.688.